The van der Waals surface area contributed by atoms with E-state index < -0.39 is 0 Å². The van der Waals surface area contributed by atoms with E-state index in [-0.39, 0.29) is 12.1 Å². The molecule has 2 aliphatic rings. The Kier molecular flexibility index (Phi) is 4.53. The van der Waals surface area contributed by atoms with Crippen molar-refractivity contribution in [2.24, 2.45) is 5.92 Å². The fourth-order valence-corrected chi connectivity index (χ4v) is 3.74. The van der Waals surface area contributed by atoms with Crippen LogP contribution in [0.3, 0.4) is 0 Å². The van der Waals surface area contributed by atoms with Gasteiger partial charge in [-0.1, -0.05) is 6.07 Å². The number of H-pyrrole nitrogens is 1. The third-order valence-electron chi connectivity index (χ3n) is 5.23. The summed E-state index contributed by atoms with van der Waals surface area (Å²) in [6, 6.07) is 6.26. The molecule has 1 aliphatic carbocycles. The Labute approximate surface area is 147 Å². The van der Waals surface area contributed by atoms with Crippen molar-refractivity contribution in [3.8, 4) is 5.75 Å². The number of rotatable bonds is 5. The van der Waals surface area contributed by atoms with E-state index in [1.807, 2.05) is 29.3 Å². The Morgan fingerprint density at radius 3 is 3.12 bits per heavy atom. The largest absolute Gasteiger partial charge is 0.496 e. The molecule has 1 saturated carbocycles. The summed E-state index contributed by atoms with van der Waals surface area (Å²) in [5.41, 5.74) is 2.22. The number of carbonyl (C=O) groups excluding carboxylic acids is 1. The number of ether oxygens (including phenoxy) is 2. The maximum atomic E-state index is 12.6. The molecule has 2 N–H and O–H groups in total. The van der Waals surface area contributed by atoms with E-state index in [1.54, 1.807) is 7.11 Å². The lowest BCUT2D eigenvalue weighted by Gasteiger charge is -2.35. The van der Waals surface area contributed by atoms with Gasteiger partial charge in [-0.15, -0.1) is 0 Å². The Hall–Kier alpha value is -2.21. The van der Waals surface area contributed by atoms with E-state index in [9.17, 15) is 4.79 Å². The van der Waals surface area contributed by atoms with Crippen molar-refractivity contribution in [2.45, 2.75) is 25.3 Å². The molecule has 2 aromatic rings. The summed E-state index contributed by atoms with van der Waals surface area (Å²) >= 11 is 0. The minimum absolute atomic E-state index is 0.0343. The van der Waals surface area contributed by atoms with E-state index >= 15 is 0 Å². The van der Waals surface area contributed by atoms with E-state index in [0.717, 1.165) is 28.6 Å². The predicted octanol–water partition coefficient (Wildman–Crippen LogP) is 2.54. The highest BCUT2D eigenvalue weighted by Crippen LogP contribution is 2.36. The fourth-order valence-electron chi connectivity index (χ4n) is 3.74. The van der Waals surface area contributed by atoms with Gasteiger partial charge in [-0.25, -0.2) is 4.79 Å². The molecule has 134 valence electrons. The van der Waals surface area contributed by atoms with E-state index in [0.29, 0.717) is 32.2 Å². The van der Waals surface area contributed by atoms with Gasteiger partial charge >= 0.3 is 6.03 Å². The highest BCUT2D eigenvalue weighted by molar-refractivity contribution is 5.89. The van der Waals surface area contributed by atoms with Crippen LogP contribution < -0.4 is 10.1 Å². The van der Waals surface area contributed by atoms with Crippen LogP contribution >= 0.6 is 0 Å². The second kappa shape index (κ2) is 6.96. The molecule has 0 spiro atoms. The van der Waals surface area contributed by atoms with Crippen LogP contribution in [0.2, 0.25) is 0 Å². The van der Waals surface area contributed by atoms with Gasteiger partial charge in [0.15, 0.2) is 0 Å². The van der Waals surface area contributed by atoms with Crippen molar-refractivity contribution >= 4 is 16.9 Å². The number of nitrogens with one attached hydrogen (secondary N) is 2. The molecule has 1 aromatic carbocycles. The highest BCUT2D eigenvalue weighted by Gasteiger charge is 2.39. The molecule has 0 bridgehead atoms. The highest BCUT2D eigenvalue weighted by atomic mass is 16.5. The van der Waals surface area contributed by atoms with Gasteiger partial charge in [-0.2, -0.15) is 0 Å². The Morgan fingerprint density at radius 2 is 2.32 bits per heavy atom. The Bertz CT molecular complexity index is 753. The number of nitrogens with zero attached hydrogens (tertiary/aromatic N) is 1. The maximum Gasteiger partial charge on any atom is 0.317 e. The Balaban J connectivity index is 1.38. The minimum Gasteiger partial charge on any atom is -0.496 e. The molecule has 6 heteroatoms. The number of urea groups is 1. The molecule has 1 aromatic heterocycles. The van der Waals surface area contributed by atoms with Gasteiger partial charge in [0.1, 0.15) is 5.75 Å². The summed E-state index contributed by atoms with van der Waals surface area (Å²) in [7, 11) is 1.68. The SMILES string of the molecule is COc1cccc2[nH]cc(CCNC(=O)N3CCOC[C@H]3C3CC3)c12. The first-order valence-electron chi connectivity index (χ1n) is 9.03. The molecular weight excluding hydrogens is 318 g/mol. The van der Waals surface area contributed by atoms with Crippen molar-refractivity contribution in [1.82, 2.24) is 15.2 Å². The number of aromatic nitrogens is 1. The van der Waals surface area contributed by atoms with Crippen LogP contribution in [-0.4, -0.2) is 55.4 Å². The average Bonchev–Trinajstić information content (AvgIpc) is 3.42. The number of hydrogen-bond acceptors (Lipinski definition) is 3. The number of fused-ring (bicyclic) bond motifs is 1. The smallest absolute Gasteiger partial charge is 0.317 e. The van der Waals surface area contributed by atoms with Crippen LogP contribution in [0.4, 0.5) is 4.79 Å². The number of morpholine rings is 1. The summed E-state index contributed by atoms with van der Waals surface area (Å²) in [6.45, 7) is 2.61. The average molecular weight is 343 g/mol. The lowest BCUT2D eigenvalue weighted by molar-refractivity contribution is 0.00477. The minimum atomic E-state index is 0.0343. The summed E-state index contributed by atoms with van der Waals surface area (Å²) in [5.74, 6) is 1.49. The third kappa shape index (κ3) is 3.31. The van der Waals surface area contributed by atoms with Crippen LogP contribution in [-0.2, 0) is 11.2 Å². The van der Waals surface area contributed by atoms with Crippen LogP contribution in [0.5, 0.6) is 5.75 Å². The molecule has 1 atom stereocenters. The maximum absolute atomic E-state index is 12.6. The number of aromatic amines is 1. The monoisotopic (exact) mass is 343 g/mol. The van der Waals surface area contributed by atoms with Crippen molar-refractivity contribution in [3.05, 3.63) is 30.0 Å². The summed E-state index contributed by atoms with van der Waals surface area (Å²) in [4.78, 5) is 17.8. The van der Waals surface area contributed by atoms with E-state index in [4.69, 9.17) is 9.47 Å². The van der Waals surface area contributed by atoms with Crippen molar-refractivity contribution in [2.75, 3.05) is 33.4 Å². The lowest BCUT2D eigenvalue weighted by Crippen LogP contribution is -2.53. The topological polar surface area (TPSA) is 66.6 Å². The molecule has 1 aliphatic heterocycles. The second-order valence-corrected chi connectivity index (χ2v) is 6.85. The van der Waals surface area contributed by atoms with Gasteiger partial charge < -0.3 is 24.7 Å². The molecule has 1 saturated heterocycles. The summed E-state index contributed by atoms with van der Waals surface area (Å²) in [6.07, 6.45) is 5.20. The molecular formula is C19H25N3O3. The normalized spacial score (nSPS) is 20.7. The second-order valence-electron chi connectivity index (χ2n) is 6.85. The molecule has 2 heterocycles. The van der Waals surface area contributed by atoms with Crippen LogP contribution in [0, 0.1) is 5.92 Å². The zero-order chi connectivity index (χ0) is 17.2. The first kappa shape index (κ1) is 16.3. The van der Waals surface area contributed by atoms with Crippen LogP contribution in [0.15, 0.2) is 24.4 Å². The molecule has 2 amide bonds. The van der Waals surface area contributed by atoms with Gasteiger partial charge in [0.25, 0.3) is 0 Å². The van der Waals surface area contributed by atoms with Crippen molar-refractivity contribution < 1.29 is 14.3 Å². The molecule has 25 heavy (non-hydrogen) atoms. The number of benzene rings is 1. The van der Waals surface area contributed by atoms with Crippen molar-refractivity contribution in [1.29, 1.82) is 0 Å². The van der Waals surface area contributed by atoms with Crippen molar-refractivity contribution in [3.63, 3.8) is 0 Å². The first-order chi connectivity index (χ1) is 12.3. The number of methoxy groups -OCH3 is 1. The standard InChI is InChI=1S/C19H25N3O3/c1-24-17-4-2-3-15-18(17)14(11-21-15)7-8-20-19(23)22-9-10-25-12-16(22)13-5-6-13/h2-4,11,13,16,21H,5-10,12H2,1H3,(H,20,23)/t16-/m0/s1. The van der Waals surface area contributed by atoms with Gasteiger partial charge in [0.2, 0.25) is 0 Å². The zero-order valence-electron chi connectivity index (χ0n) is 14.6. The van der Waals surface area contributed by atoms with Gasteiger partial charge in [0.05, 0.1) is 26.4 Å². The zero-order valence-corrected chi connectivity index (χ0v) is 14.6. The first-order valence-corrected chi connectivity index (χ1v) is 9.03. The van der Waals surface area contributed by atoms with Gasteiger partial charge in [-0.3, -0.25) is 0 Å². The quantitative estimate of drug-likeness (QED) is 0.877. The predicted molar refractivity (Wildman–Crippen MR) is 96.0 cm³/mol. The summed E-state index contributed by atoms with van der Waals surface area (Å²) in [5, 5.41) is 4.18. The number of amides is 2. The molecule has 4 rings (SSSR count). The van der Waals surface area contributed by atoms with Crippen LogP contribution in [0.1, 0.15) is 18.4 Å². The van der Waals surface area contributed by atoms with E-state index in [1.165, 1.54) is 12.8 Å². The van der Waals surface area contributed by atoms with E-state index in [2.05, 4.69) is 10.3 Å². The molecule has 2 fully saturated rings. The lowest BCUT2D eigenvalue weighted by atomic mass is 10.1. The summed E-state index contributed by atoms with van der Waals surface area (Å²) < 4.78 is 11.0. The number of carbonyl (C=O) groups is 1. The van der Waals surface area contributed by atoms with Gasteiger partial charge in [0, 0.05) is 30.2 Å². The molecule has 0 radical (unpaired) electrons. The fraction of sp³-hybridized carbons (Fsp3) is 0.526. The third-order valence-corrected chi connectivity index (χ3v) is 5.23. The number of hydrogen-bond donors (Lipinski definition) is 2. The van der Waals surface area contributed by atoms with Crippen LogP contribution in [0.25, 0.3) is 10.9 Å². The molecule has 0 unspecified atom stereocenters. The Morgan fingerprint density at radius 1 is 1.44 bits per heavy atom. The van der Waals surface area contributed by atoms with Gasteiger partial charge in [-0.05, 0) is 42.9 Å². The molecule has 6 nitrogen and oxygen atoms in total.